The second kappa shape index (κ2) is 4.23. The maximum atomic E-state index is 11.5. The molecule has 0 N–H and O–H groups in total. The monoisotopic (exact) mass is 223 g/mol. The number of hydrogen-bond acceptors (Lipinski definition) is 1. The molecule has 1 amide bonds. The van der Waals surface area contributed by atoms with Crippen LogP contribution in [0.2, 0.25) is 0 Å². The summed E-state index contributed by atoms with van der Waals surface area (Å²) in [7, 11) is 0. The van der Waals surface area contributed by atoms with Gasteiger partial charge in [0.15, 0.2) is 0 Å². The van der Waals surface area contributed by atoms with Gasteiger partial charge in [0.2, 0.25) is 5.91 Å². The third-order valence-corrected chi connectivity index (χ3v) is 2.92. The van der Waals surface area contributed by atoms with Crippen LogP contribution >= 0.6 is 11.6 Å². The van der Waals surface area contributed by atoms with Gasteiger partial charge < -0.3 is 4.90 Å². The summed E-state index contributed by atoms with van der Waals surface area (Å²) in [4.78, 5) is 13.3. The molecule has 0 saturated carbocycles. The van der Waals surface area contributed by atoms with E-state index in [0.29, 0.717) is 19.5 Å². The van der Waals surface area contributed by atoms with Crippen LogP contribution in [0, 0.1) is 6.92 Å². The minimum absolute atomic E-state index is 0.0118. The van der Waals surface area contributed by atoms with Crippen molar-refractivity contribution in [1.82, 2.24) is 4.90 Å². The summed E-state index contributed by atoms with van der Waals surface area (Å²) in [5.74, 6) is 0.163. The van der Waals surface area contributed by atoms with Crippen molar-refractivity contribution in [1.29, 1.82) is 0 Å². The van der Waals surface area contributed by atoms with Crippen LogP contribution < -0.4 is 0 Å². The number of rotatable bonds is 2. The summed E-state index contributed by atoms with van der Waals surface area (Å²) >= 11 is 5.94. The Balaban J connectivity index is 2.06. The van der Waals surface area contributed by atoms with E-state index in [9.17, 15) is 4.79 Å². The number of halogens is 1. The molecule has 2 nitrogen and oxygen atoms in total. The predicted molar refractivity (Wildman–Crippen MR) is 60.9 cm³/mol. The zero-order valence-corrected chi connectivity index (χ0v) is 9.50. The fourth-order valence-electron chi connectivity index (χ4n) is 1.91. The van der Waals surface area contributed by atoms with Crippen molar-refractivity contribution < 1.29 is 4.79 Å². The Bertz CT molecular complexity index is 378. The lowest BCUT2D eigenvalue weighted by Crippen LogP contribution is -2.24. The summed E-state index contributed by atoms with van der Waals surface area (Å²) in [6.45, 7) is 3.41. The molecule has 0 bridgehead atoms. The predicted octanol–water partition coefficient (Wildman–Crippen LogP) is 2.33. The average Bonchev–Trinajstić information content (AvgIpc) is 2.45. The van der Waals surface area contributed by atoms with Gasteiger partial charge in [0.1, 0.15) is 0 Å². The minimum Gasteiger partial charge on any atom is -0.337 e. The maximum absolute atomic E-state index is 11.5. The van der Waals surface area contributed by atoms with Crippen molar-refractivity contribution >= 4 is 17.5 Å². The van der Waals surface area contributed by atoms with Crippen LogP contribution in [0.25, 0.3) is 0 Å². The number of carbonyl (C=O) groups excluding carboxylic acids is 1. The standard InChI is InChI=1S/C12H14ClNO/c1-9-3-2-4-10(5-9)7-14-8-11(13)6-12(14)15/h2-5,11H,6-8H2,1H3. The van der Waals surface area contributed by atoms with Crippen molar-refractivity contribution in [3.63, 3.8) is 0 Å². The maximum Gasteiger partial charge on any atom is 0.224 e. The number of carbonyl (C=O) groups is 1. The molecule has 0 aliphatic carbocycles. The molecule has 1 unspecified atom stereocenters. The fourth-order valence-corrected chi connectivity index (χ4v) is 2.21. The Kier molecular flexibility index (Phi) is 2.96. The van der Waals surface area contributed by atoms with Crippen LogP contribution in [0.4, 0.5) is 0 Å². The lowest BCUT2D eigenvalue weighted by molar-refractivity contribution is -0.128. The normalized spacial score (nSPS) is 21.1. The van der Waals surface area contributed by atoms with Gasteiger partial charge in [0.05, 0.1) is 5.38 Å². The first kappa shape index (κ1) is 10.5. The SMILES string of the molecule is Cc1cccc(CN2CC(Cl)CC2=O)c1. The van der Waals surface area contributed by atoms with Gasteiger partial charge in [-0.05, 0) is 12.5 Å². The van der Waals surface area contributed by atoms with E-state index in [1.54, 1.807) is 0 Å². The molecule has 3 heteroatoms. The fraction of sp³-hybridized carbons (Fsp3) is 0.417. The molecule has 2 rings (SSSR count). The van der Waals surface area contributed by atoms with Gasteiger partial charge in [-0.15, -0.1) is 11.6 Å². The van der Waals surface area contributed by atoms with E-state index in [4.69, 9.17) is 11.6 Å². The quantitative estimate of drug-likeness (QED) is 0.705. The van der Waals surface area contributed by atoms with Crippen LogP contribution in [-0.4, -0.2) is 22.7 Å². The molecule has 1 atom stereocenters. The molecule has 0 aromatic heterocycles. The highest BCUT2D eigenvalue weighted by Crippen LogP contribution is 2.19. The highest BCUT2D eigenvalue weighted by atomic mass is 35.5. The van der Waals surface area contributed by atoms with E-state index >= 15 is 0 Å². The number of amides is 1. The molecule has 1 aliphatic rings. The van der Waals surface area contributed by atoms with Crippen LogP contribution in [0.1, 0.15) is 17.5 Å². The third kappa shape index (κ3) is 2.51. The van der Waals surface area contributed by atoms with Crippen LogP contribution in [0.5, 0.6) is 0 Å². The molecule has 0 spiro atoms. The molecular formula is C12H14ClNO. The summed E-state index contributed by atoms with van der Waals surface area (Å²) in [5.41, 5.74) is 2.40. The molecule has 80 valence electrons. The number of nitrogens with zero attached hydrogens (tertiary/aromatic N) is 1. The third-order valence-electron chi connectivity index (χ3n) is 2.62. The Morgan fingerprint density at radius 1 is 1.53 bits per heavy atom. The number of hydrogen-bond donors (Lipinski definition) is 0. The van der Waals surface area contributed by atoms with Crippen molar-refractivity contribution in [2.24, 2.45) is 0 Å². The lowest BCUT2D eigenvalue weighted by atomic mass is 10.1. The first-order valence-corrected chi connectivity index (χ1v) is 5.56. The smallest absolute Gasteiger partial charge is 0.224 e. The Morgan fingerprint density at radius 2 is 2.33 bits per heavy atom. The van der Waals surface area contributed by atoms with E-state index < -0.39 is 0 Å². The number of likely N-dealkylation sites (tertiary alicyclic amines) is 1. The zero-order valence-electron chi connectivity index (χ0n) is 8.74. The molecule has 1 fully saturated rings. The second-order valence-corrected chi connectivity index (χ2v) is 4.68. The topological polar surface area (TPSA) is 20.3 Å². The molecule has 1 saturated heterocycles. The lowest BCUT2D eigenvalue weighted by Gasteiger charge is -2.15. The number of alkyl halides is 1. The largest absolute Gasteiger partial charge is 0.337 e. The first-order chi connectivity index (χ1) is 7.15. The van der Waals surface area contributed by atoms with Gasteiger partial charge in [-0.2, -0.15) is 0 Å². The Labute approximate surface area is 94.8 Å². The molecule has 0 radical (unpaired) electrons. The van der Waals surface area contributed by atoms with Gasteiger partial charge in [-0.1, -0.05) is 29.8 Å². The van der Waals surface area contributed by atoms with E-state index in [0.717, 1.165) is 0 Å². The summed E-state index contributed by atoms with van der Waals surface area (Å²) in [6, 6.07) is 8.22. The van der Waals surface area contributed by atoms with E-state index in [2.05, 4.69) is 19.1 Å². The van der Waals surface area contributed by atoms with Crippen molar-refractivity contribution in [2.45, 2.75) is 25.3 Å². The average molecular weight is 224 g/mol. The zero-order chi connectivity index (χ0) is 10.8. The Morgan fingerprint density at radius 3 is 2.93 bits per heavy atom. The minimum atomic E-state index is -0.0118. The molecule has 1 heterocycles. The number of benzene rings is 1. The van der Waals surface area contributed by atoms with Crippen molar-refractivity contribution in [2.75, 3.05) is 6.54 Å². The molecular weight excluding hydrogens is 210 g/mol. The summed E-state index contributed by atoms with van der Waals surface area (Å²) in [6.07, 6.45) is 0.480. The summed E-state index contributed by atoms with van der Waals surface area (Å²) in [5, 5.41) is -0.0118. The highest BCUT2D eigenvalue weighted by Gasteiger charge is 2.27. The van der Waals surface area contributed by atoms with Crippen LogP contribution in [0.15, 0.2) is 24.3 Å². The van der Waals surface area contributed by atoms with Crippen LogP contribution in [-0.2, 0) is 11.3 Å². The highest BCUT2D eigenvalue weighted by molar-refractivity contribution is 6.22. The van der Waals surface area contributed by atoms with Crippen molar-refractivity contribution in [3.8, 4) is 0 Å². The summed E-state index contributed by atoms with van der Waals surface area (Å²) < 4.78 is 0. The number of aryl methyl sites for hydroxylation is 1. The van der Waals surface area contributed by atoms with Gasteiger partial charge in [-0.3, -0.25) is 4.79 Å². The van der Waals surface area contributed by atoms with Crippen LogP contribution in [0.3, 0.4) is 0 Å². The van der Waals surface area contributed by atoms with Crippen molar-refractivity contribution in [3.05, 3.63) is 35.4 Å². The van der Waals surface area contributed by atoms with Gasteiger partial charge in [0.25, 0.3) is 0 Å². The van der Waals surface area contributed by atoms with E-state index in [1.165, 1.54) is 11.1 Å². The molecule has 1 aliphatic heterocycles. The second-order valence-electron chi connectivity index (χ2n) is 4.06. The van der Waals surface area contributed by atoms with E-state index in [-0.39, 0.29) is 11.3 Å². The van der Waals surface area contributed by atoms with Gasteiger partial charge in [0, 0.05) is 19.5 Å². The molecule has 1 aromatic rings. The van der Waals surface area contributed by atoms with Gasteiger partial charge >= 0.3 is 0 Å². The van der Waals surface area contributed by atoms with E-state index in [1.807, 2.05) is 17.0 Å². The molecule has 15 heavy (non-hydrogen) atoms. The molecule has 1 aromatic carbocycles. The van der Waals surface area contributed by atoms with Gasteiger partial charge in [-0.25, -0.2) is 0 Å². The Hall–Kier alpha value is -1.02. The first-order valence-electron chi connectivity index (χ1n) is 5.12.